The average molecular weight is 593 g/mol. The molecule has 0 spiro atoms. The zero-order chi connectivity index (χ0) is 31.1. The van der Waals surface area contributed by atoms with Crippen molar-refractivity contribution < 1.29 is 14.2 Å². The van der Waals surface area contributed by atoms with E-state index in [1.54, 1.807) is 0 Å². The normalized spacial score (nSPS) is 22.3. The van der Waals surface area contributed by atoms with Crippen LogP contribution in [0.25, 0.3) is 0 Å². The SMILES string of the molecule is CCCCCCCC/C=C\CCCCCCCCOC(OC1CC(C)(C)NC(C)(C)C1)OC1CC(C)(C)NC(C)(C)C1. The van der Waals surface area contributed by atoms with E-state index in [0.717, 1.165) is 32.1 Å². The van der Waals surface area contributed by atoms with E-state index < -0.39 is 6.48 Å². The van der Waals surface area contributed by atoms with Gasteiger partial charge in [0.05, 0.1) is 18.8 Å². The van der Waals surface area contributed by atoms with Gasteiger partial charge in [-0.1, -0.05) is 76.9 Å². The molecule has 2 fully saturated rings. The van der Waals surface area contributed by atoms with Crippen LogP contribution in [-0.4, -0.2) is 47.4 Å². The molecule has 2 aliphatic rings. The van der Waals surface area contributed by atoms with Crippen LogP contribution in [0.4, 0.5) is 0 Å². The second-order valence-corrected chi connectivity index (χ2v) is 16.2. The molecule has 248 valence electrons. The van der Waals surface area contributed by atoms with Crippen LogP contribution in [0.1, 0.15) is 178 Å². The van der Waals surface area contributed by atoms with Crippen molar-refractivity contribution in [1.29, 1.82) is 0 Å². The molecule has 2 N–H and O–H groups in total. The fourth-order valence-electron chi connectivity index (χ4n) is 7.60. The van der Waals surface area contributed by atoms with Crippen molar-refractivity contribution in [1.82, 2.24) is 10.6 Å². The number of rotatable bonds is 21. The van der Waals surface area contributed by atoms with Crippen molar-refractivity contribution in [3.8, 4) is 0 Å². The van der Waals surface area contributed by atoms with Gasteiger partial charge in [0, 0.05) is 22.2 Å². The van der Waals surface area contributed by atoms with Crippen LogP contribution >= 0.6 is 0 Å². The second kappa shape index (κ2) is 18.5. The first-order valence-electron chi connectivity index (χ1n) is 17.9. The van der Waals surface area contributed by atoms with E-state index in [-0.39, 0.29) is 34.4 Å². The summed E-state index contributed by atoms with van der Waals surface area (Å²) >= 11 is 0. The maximum atomic E-state index is 6.62. The lowest BCUT2D eigenvalue weighted by molar-refractivity contribution is -0.330. The number of allylic oxidation sites excluding steroid dienone is 2. The Morgan fingerprint density at radius 1 is 0.548 bits per heavy atom. The predicted molar refractivity (Wildman–Crippen MR) is 180 cm³/mol. The molecular formula is C37H72N2O3. The minimum Gasteiger partial charge on any atom is -0.330 e. The quantitative estimate of drug-likeness (QED) is 0.0789. The van der Waals surface area contributed by atoms with Crippen LogP contribution < -0.4 is 10.6 Å². The molecule has 0 aromatic rings. The highest BCUT2D eigenvalue weighted by Crippen LogP contribution is 2.34. The van der Waals surface area contributed by atoms with Gasteiger partial charge in [0.25, 0.3) is 6.48 Å². The molecular weight excluding hydrogens is 520 g/mol. The van der Waals surface area contributed by atoms with Crippen LogP contribution in [-0.2, 0) is 14.2 Å². The van der Waals surface area contributed by atoms with Crippen LogP contribution in [0.15, 0.2) is 12.2 Å². The highest BCUT2D eigenvalue weighted by Gasteiger charge is 2.42. The van der Waals surface area contributed by atoms with E-state index in [1.807, 2.05) is 0 Å². The van der Waals surface area contributed by atoms with Crippen LogP contribution in [0, 0.1) is 0 Å². The average Bonchev–Trinajstić information content (AvgIpc) is 2.82. The van der Waals surface area contributed by atoms with E-state index in [9.17, 15) is 0 Å². The number of nitrogens with one attached hydrogen (secondary N) is 2. The van der Waals surface area contributed by atoms with Crippen molar-refractivity contribution in [3.63, 3.8) is 0 Å². The number of hydrogen-bond acceptors (Lipinski definition) is 5. The lowest BCUT2D eigenvalue weighted by atomic mass is 9.81. The smallest absolute Gasteiger partial charge is 0.272 e. The third-order valence-electron chi connectivity index (χ3n) is 8.82. The fourth-order valence-corrected chi connectivity index (χ4v) is 7.60. The monoisotopic (exact) mass is 593 g/mol. The summed E-state index contributed by atoms with van der Waals surface area (Å²) in [5, 5.41) is 7.54. The van der Waals surface area contributed by atoms with Gasteiger partial charge in [0.1, 0.15) is 0 Å². The lowest BCUT2D eigenvalue weighted by Gasteiger charge is -2.48. The summed E-state index contributed by atoms with van der Waals surface area (Å²) in [5.74, 6) is 0. The maximum absolute atomic E-state index is 6.62. The van der Waals surface area contributed by atoms with Gasteiger partial charge in [-0.15, -0.1) is 0 Å². The first-order chi connectivity index (χ1) is 19.7. The molecule has 0 saturated carbocycles. The molecule has 0 radical (unpaired) electrons. The van der Waals surface area contributed by atoms with E-state index >= 15 is 0 Å². The molecule has 2 saturated heterocycles. The highest BCUT2D eigenvalue weighted by molar-refractivity contribution is 4.99. The topological polar surface area (TPSA) is 51.8 Å². The molecule has 0 aromatic heterocycles. The molecule has 0 unspecified atom stereocenters. The third kappa shape index (κ3) is 17.1. The molecule has 0 aromatic carbocycles. The molecule has 0 atom stereocenters. The number of ether oxygens (including phenoxy) is 3. The number of hydrogen-bond donors (Lipinski definition) is 2. The maximum Gasteiger partial charge on any atom is 0.272 e. The third-order valence-corrected chi connectivity index (χ3v) is 8.82. The Labute approximate surface area is 262 Å². The highest BCUT2D eigenvalue weighted by atomic mass is 16.8. The Kier molecular flexibility index (Phi) is 16.6. The molecule has 2 rings (SSSR count). The Morgan fingerprint density at radius 2 is 0.905 bits per heavy atom. The van der Waals surface area contributed by atoms with Crippen molar-refractivity contribution in [2.24, 2.45) is 0 Å². The molecule has 2 aliphatic heterocycles. The largest absolute Gasteiger partial charge is 0.330 e. The van der Waals surface area contributed by atoms with Crippen molar-refractivity contribution in [2.45, 2.75) is 219 Å². The van der Waals surface area contributed by atoms with Gasteiger partial charge in [-0.05, 0) is 113 Å². The van der Waals surface area contributed by atoms with Gasteiger partial charge >= 0.3 is 0 Å². The number of piperidine rings is 2. The van der Waals surface area contributed by atoms with Crippen LogP contribution in [0.5, 0.6) is 0 Å². The zero-order valence-corrected chi connectivity index (χ0v) is 29.5. The lowest BCUT2D eigenvalue weighted by Crippen LogP contribution is -2.61. The van der Waals surface area contributed by atoms with Gasteiger partial charge < -0.3 is 24.8 Å². The van der Waals surface area contributed by atoms with Crippen LogP contribution in [0.2, 0.25) is 0 Å². The van der Waals surface area contributed by atoms with Crippen LogP contribution in [0.3, 0.4) is 0 Å². The molecule has 2 heterocycles. The summed E-state index contributed by atoms with van der Waals surface area (Å²) in [6.45, 7) is 20.5. The Bertz CT molecular complexity index is 673. The first kappa shape index (κ1) is 37.7. The second-order valence-electron chi connectivity index (χ2n) is 16.2. The standard InChI is InChI=1S/C37H72N2O3/c1-10-11-12-13-14-15-16-17-18-19-20-21-22-23-24-25-26-40-33(41-31-27-34(2,3)38-35(4,5)28-31)42-32-29-36(6,7)39-37(8,9)30-32/h17-18,31-33,38-39H,10-16,19-30H2,1-9H3/b18-17-. The fraction of sp³-hybridized carbons (Fsp3) is 0.946. The number of unbranched alkanes of at least 4 members (excludes halogenated alkanes) is 12. The van der Waals surface area contributed by atoms with Gasteiger partial charge in [-0.2, -0.15) is 0 Å². The van der Waals surface area contributed by atoms with E-state index in [2.05, 4.69) is 85.1 Å². The molecule has 0 bridgehead atoms. The summed E-state index contributed by atoms with van der Waals surface area (Å²) in [7, 11) is 0. The Morgan fingerprint density at radius 3 is 1.31 bits per heavy atom. The van der Waals surface area contributed by atoms with Crippen molar-refractivity contribution in [3.05, 3.63) is 12.2 Å². The van der Waals surface area contributed by atoms with Gasteiger partial charge in [0.15, 0.2) is 0 Å². The summed E-state index contributed by atoms with van der Waals surface area (Å²) in [4.78, 5) is 0. The van der Waals surface area contributed by atoms with Gasteiger partial charge in [-0.25, -0.2) is 0 Å². The molecule has 5 heteroatoms. The minimum atomic E-state index is -0.600. The van der Waals surface area contributed by atoms with E-state index in [0.29, 0.717) is 6.61 Å². The Balaban J connectivity index is 1.69. The molecule has 0 amide bonds. The molecule has 42 heavy (non-hydrogen) atoms. The minimum absolute atomic E-state index is 0.0272. The summed E-state index contributed by atoms with van der Waals surface area (Å²) in [6.07, 6.45) is 27.2. The van der Waals surface area contributed by atoms with E-state index in [4.69, 9.17) is 14.2 Å². The van der Waals surface area contributed by atoms with Gasteiger partial charge in [0.2, 0.25) is 0 Å². The summed E-state index contributed by atoms with van der Waals surface area (Å²) in [6, 6.07) is 0. The van der Waals surface area contributed by atoms with Crippen molar-refractivity contribution >= 4 is 0 Å². The predicted octanol–water partition coefficient (Wildman–Crippen LogP) is 9.98. The van der Waals surface area contributed by atoms with E-state index in [1.165, 1.54) is 83.5 Å². The summed E-state index contributed by atoms with van der Waals surface area (Å²) in [5.41, 5.74) is 0.109. The van der Waals surface area contributed by atoms with Gasteiger partial charge in [-0.3, -0.25) is 0 Å². The Hall–Kier alpha value is -0.460. The zero-order valence-electron chi connectivity index (χ0n) is 29.5. The van der Waals surface area contributed by atoms with Crippen molar-refractivity contribution in [2.75, 3.05) is 6.61 Å². The first-order valence-corrected chi connectivity index (χ1v) is 17.9. The molecule has 0 aliphatic carbocycles. The molecule has 5 nitrogen and oxygen atoms in total. The summed E-state index contributed by atoms with van der Waals surface area (Å²) < 4.78 is 19.6.